The molecule has 0 aliphatic heterocycles. The fraction of sp³-hybridized carbons (Fsp3) is 0.385. The van der Waals surface area contributed by atoms with Crippen LogP contribution in [0.1, 0.15) is 24.0 Å². The third-order valence-corrected chi connectivity index (χ3v) is 2.77. The normalized spacial score (nSPS) is 16.2. The molecule has 0 aromatic heterocycles. The van der Waals surface area contributed by atoms with Gasteiger partial charge >= 0.3 is 5.97 Å². The molecule has 1 fully saturated rings. The van der Waals surface area contributed by atoms with Crippen LogP contribution < -0.4 is 0 Å². The number of carboxylic acid groups (broad SMARTS) is 1. The summed E-state index contributed by atoms with van der Waals surface area (Å²) in [5, 5.41) is 8.67. The monoisotopic (exact) mass is 217 g/mol. The number of hydrogen-bond donors (Lipinski definition) is 1. The molecule has 1 aromatic rings. The maximum atomic E-state index is 10.6. The first kappa shape index (κ1) is 10.9. The average molecular weight is 217 g/mol. The minimum atomic E-state index is -0.869. The van der Waals surface area contributed by atoms with Crippen molar-refractivity contribution in [1.82, 2.24) is 0 Å². The number of aliphatic carboxylic acids is 1. The molecule has 1 aromatic carbocycles. The second kappa shape index (κ2) is 4.47. The van der Waals surface area contributed by atoms with Gasteiger partial charge in [0.05, 0.1) is 0 Å². The second-order valence-corrected chi connectivity index (χ2v) is 4.18. The van der Waals surface area contributed by atoms with Crippen molar-refractivity contribution in [1.29, 1.82) is 0 Å². The zero-order chi connectivity index (χ0) is 11.5. The Bertz CT molecular complexity index is 433. The second-order valence-electron chi connectivity index (χ2n) is 4.18. The molecule has 2 rings (SSSR count). The van der Waals surface area contributed by atoms with Crippen LogP contribution in [0.5, 0.6) is 0 Å². The van der Waals surface area contributed by atoms with Crippen molar-refractivity contribution in [2.24, 2.45) is 10.9 Å². The summed E-state index contributed by atoms with van der Waals surface area (Å²) in [5.74, 6) is -0.396. The molecule has 16 heavy (non-hydrogen) atoms. The van der Waals surface area contributed by atoms with Gasteiger partial charge in [-0.1, -0.05) is 24.3 Å². The van der Waals surface area contributed by atoms with Crippen molar-refractivity contribution in [3.63, 3.8) is 0 Å². The molecule has 1 aliphatic carbocycles. The smallest absolute Gasteiger partial charge is 0.325 e. The van der Waals surface area contributed by atoms with E-state index in [9.17, 15) is 4.79 Å². The molecule has 3 nitrogen and oxygen atoms in total. The molecule has 0 heterocycles. The third-order valence-electron chi connectivity index (χ3n) is 2.77. The highest BCUT2D eigenvalue weighted by atomic mass is 16.4. The third kappa shape index (κ3) is 2.48. The number of carboxylic acids is 1. The zero-order valence-corrected chi connectivity index (χ0v) is 9.31. The van der Waals surface area contributed by atoms with Gasteiger partial charge in [0, 0.05) is 11.6 Å². The Morgan fingerprint density at radius 2 is 2.12 bits per heavy atom. The number of rotatable bonds is 4. The molecule has 0 spiro atoms. The SMILES string of the molecule is Cc1ccccc1C(=NCC(=O)O)C1CC1. The predicted molar refractivity (Wildman–Crippen MR) is 62.9 cm³/mol. The summed E-state index contributed by atoms with van der Waals surface area (Å²) >= 11 is 0. The van der Waals surface area contributed by atoms with Crippen LogP contribution in [0, 0.1) is 12.8 Å². The molecule has 0 saturated heterocycles. The van der Waals surface area contributed by atoms with E-state index in [-0.39, 0.29) is 6.54 Å². The van der Waals surface area contributed by atoms with E-state index in [1.165, 1.54) is 5.56 Å². The van der Waals surface area contributed by atoms with Crippen LogP contribution >= 0.6 is 0 Å². The maximum absolute atomic E-state index is 10.6. The summed E-state index contributed by atoms with van der Waals surface area (Å²) in [5.41, 5.74) is 3.24. The first-order valence-electron chi connectivity index (χ1n) is 5.50. The van der Waals surface area contributed by atoms with E-state index in [0.29, 0.717) is 5.92 Å². The van der Waals surface area contributed by atoms with Gasteiger partial charge in [0.25, 0.3) is 0 Å². The predicted octanol–water partition coefficient (Wildman–Crippen LogP) is 2.28. The molecular formula is C13H15NO2. The maximum Gasteiger partial charge on any atom is 0.325 e. The molecule has 0 radical (unpaired) electrons. The van der Waals surface area contributed by atoms with Gasteiger partial charge in [-0.25, -0.2) is 0 Å². The molecular weight excluding hydrogens is 202 g/mol. The van der Waals surface area contributed by atoms with Gasteiger partial charge in [-0.3, -0.25) is 9.79 Å². The first-order valence-corrected chi connectivity index (χ1v) is 5.50. The number of benzene rings is 1. The van der Waals surface area contributed by atoms with Gasteiger partial charge < -0.3 is 5.11 Å². The molecule has 1 saturated carbocycles. The van der Waals surface area contributed by atoms with E-state index in [0.717, 1.165) is 24.1 Å². The lowest BCUT2D eigenvalue weighted by molar-refractivity contribution is -0.135. The van der Waals surface area contributed by atoms with E-state index in [4.69, 9.17) is 5.11 Å². The van der Waals surface area contributed by atoms with Crippen LogP contribution in [0.4, 0.5) is 0 Å². The quantitative estimate of drug-likeness (QED) is 0.786. The molecule has 1 N–H and O–H groups in total. The van der Waals surface area contributed by atoms with Crippen LogP contribution in [0.15, 0.2) is 29.3 Å². The highest BCUT2D eigenvalue weighted by Crippen LogP contribution is 2.34. The number of aliphatic imine (C=N–C) groups is 1. The van der Waals surface area contributed by atoms with E-state index < -0.39 is 5.97 Å². The van der Waals surface area contributed by atoms with Crippen LogP contribution in [0.25, 0.3) is 0 Å². The zero-order valence-electron chi connectivity index (χ0n) is 9.31. The van der Waals surface area contributed by atoms with Gasteiger partial charge in [0.1, 0.15) is 6.54 Å². The summed E-state index contributed by atoms with van der Waals surface area (Å²) in [6, 6.07) is 8.02. The van der Waals surface area contributed by atoms with Crippen molar-refractivity contribution in [3.8, 4) is 0 Å². The van der Waals surface area contributed by atoms with Crippen molar-refractivity contribution >= 4 is 11.7 Å². The Morgan fingerprint density at radius 1 is 1.44 bits per heavy atom. The minimum absolute atomic E-state index is 0.125. The molecule has 0 amide bonds. The van der Waals surface area contributed by atoms with Gasteiger partial charge in [0.2, 0.25) is 0 Å². The van der Waals surface area contributed by atoms with E-state index in [1.807, 2.05) is 31.2 Å². The van der Waals surface area contributed by atoms with Gasteiger partial charge in [-0.15, -0.1) is 0 Å². The highest BCUT2D eigenvalue weighted by molar-refractivity contribution is 6.05. The van der Waals surface area contributed by atoms with Crippen molar-refractivity contribution < 1.29 is 9.90 Å². The summed E-state index contributed by atoms with van der Waals surface area (Å²) in [6.07, 6.45) is 2.26. The standard InChI is InChI=1S/C13H15NO2/c1-9-4-2-3-5-11(9)13(10-6-7-10)14-8-12(15)16/h2-5,10H,6-8H2,1H3,(H,15,16). The average Bonchev–Trinajstić information content (AvgIpc) is 3.04. The largest absolute Gasteiger partial charge is 0.480 e. The fourth-order valence-electron chi connectivity index (χ4n) is 1.80. The lowest BCUT2D eigenvalue weighted by atomic mass is 10.0. The summed E-state index contributed by atoms with van der Waals surface area (Å²) in [6.45, 7) is 1.91. The van der Waals surface area contributed by atoms with Gasteiger partial charge in [-0.2, -0.15) is 0 Å². The Balaban J connectivity index is 2.29. The Labute approximate surface area is 94.8 Å². The van der Waals surface area contributed by atoms with Crippen LogP contribution in [-0.4, -0.2) is 23.3 Å². The molecule has 3 heteroatoms. The topological polar surface area (TPSA) is 49.7 Å². The van der Waals surface area contributed by atoms with Crippen molar-refractivity contribution in [2.75, 3.05) is 6.54 Å². The van der Waals surface area contributed by atoms with Crippen molar-refractivity contribution in [3.05, 3.63) is 35.4 Å². The van der Waals surface area contributed by atoms with Crippen LogP contribution in [0.3, 0.4) is 0 Å². The Morgan fingerprint density at radius 3 is 2.69 bits per heavy atom. The van der Waals surface area contributed by atoms with Gasteiger partial charge in [0.15, 0.2) is 0 Å². The number of aryl methyl sites for hydroxylation is 1. The summed E-state index contributed by atoms with van der Waals surface area (Å²) < 4.78 is 0. The first-order chi connectivity index (χ1) is 7.68. The lowest BCUT2D eigenvalue weighted by Crippen LogP contribution is -2.10. The molecule has 84 valence electrons. The number of nitrogens with zero attached hydrogens (tertiary/aromatic N) is 1. The van der Waals surface area contributed by atoms with Gasteiger partial charge in [-0.05, 0) is 30.9 Å². The summed E-state index contributed by atoms with van der Waals surface area (Å²) in [7, 11) is 0. The van der Waals surface area contributed by atoms with Crippen molar-refractivity contribution in [2.45, 2.75) is 19.8 Å². The van der Waals surface area contributed by atoms with E-state index in [1.54, 1.807) is 0 Å². The number of carbonyl (C=O) groups is 1. The lowest BCUT2D eigenvalue weighted by Gasteiger charge is -2.08. The van der Waals surface area contributed by atoms with Crippen LogP contribution in [-0.2, 0) is 4.79 Å². The minimum Gasteiger partial charge on any atom is -0.480 e. The summed E-state index contributed by atoms with van der Waals surface area (Å²) in [4.78, 5) is 14.8. The Hall–Kier alpha value is -1.64. The molecule has 0 bridgehead atoms. The highest BCUT2D eigenvalue weighted by Gasteiger charge is 2.29. The molecule has 1 aliphatic rings. The van der Waals surface area contributed by atoms with Crippen LogP contribution in [0.2, 0.25) is 0 Å². The molecule has 0 unspecified atom stereocenters. The fourth-order valence-corrected chi connectivity index (χ4v) is 1.80. The number of hydrogen-bond acceptors (Lipinski definition) is 2. The Kier molecular flexibility index (Phi) is 3.04. The molecule has 0 atom stereocenters. The van der Waals surface area contributed by atoms with E-state index >= 15 is 0 Å². The van der Waals surface area contributed by atoms with E-state index in [2.05, 4.69) is 4.99 Å².